The van der Waals surface area contributed by atoms with Gasteiger partial charge < -0.3 is 30.0 Å². The molecule has 3 N–H and O–H groups in total. The molecule has 3 amide bonds. The minimum Gasteiger partial charge on any atom is -0.352 e. The van der Waals surface area contributed by atoms with Crippen LogP contribution in [0.4, 0.5) is 5.69 Å². The lowest BCUT2D eigenvalue weighted by molar-refractivity contribution is -0.151. The fourth-order valence-corrected chi connectivity index (χ4v) is 7.21. The molecule has 0 aliphatic carbocycles. The number of nitrogens with zero attached hydrogens (tertiary/aromatic N) is 3. The Bertz CT molecular complexity index is 1290. The average Bonchev–Trinajstić information content (AvgIpc) is 3.82. The van der Waals surface area contributed by atoms with Gasteiger partial charge >= 0.3 is 0 Å². The van der Waals surface area contributed by atoms with E-state index in [4.69, 9.17) is 9.47 Å². The van der Waals surface area contributed by atoms with E-state index in [9.17, 15) is 14.4 Å². The first-order chi connectivity index (χ1) is 21.2. The van der Waals surface area contributed by atoms with E-state index in [1.54, 1.807) is 4.90 Å². The van der Waals surface area contributed by atoms with E-state index in [1.807, 2.05) is 29.2 Å². The third-order valence-corrected chi connectivity index (χ3v) is 9.79. The van der Waals surface area contributed by atoms with Crippen LogP contribution < -0.4 is 15.5 Å². The molecule has 4 aliphatic heterocycles. The number of anilines is 1. The number of ether oxygens (including phenoxy) is 2. The van der Waals surface area contributed by atoms with Gasteiger partial charge in [0.05, 0.1) is 25.0 Å². The lowest BCUT2D eigenvalue weighted by Crippen LogP contribution is -2.58. The molecule has 0 spiro atoms. The van der Waals surface area contributed by atoms with Gasteiger partial charge in [-0.15, -0.1) is 0 Å². The molecule has 44 heavy (non-hydrogen) atoms. The van der Waals surface area contributed by atoms with Crippen molar-refractivity contribution >= 4 is 23.4 Å². The number of H-pyrrole nitrogens is 1. The minimum absolute atomic E-state index is 0.00935. The van der Waals surface area contributed by atoms with Gasteiger partial charge in [-0.25, -0.2) is 4.98 Å². The number of aromatic nitrogens is 2. The molecule has 5 unspecified atom stereocenters. The van der Waals surface area contributed by atoms with Crippen molar-refractivity contribution in [2.24, 2.45) is 17.8 Å². The van der Waals surface area contributed by atoms with Crippen molar-refractivity contribution < 1.29 is 23.9 Å². The van der Waals surface area contributed by atoms with Crippen LogP contribution >= 0.6 is 0 Å². The van der Waals surface area contributed by atoms with Gasteiger partial charge in [-0.3, -0.25) is 19.3 Å². The fraction of sp³-hybridized carbons (Fsp3) is 0.636. The molecule has 5 heterocycles. The Labute approximate surface area is 259 Å². The number of hydrogen-bond donors (Lipinski definition) is 3. The monoisotopic (exact) mass is 606 g/mol. The molecular formula is C33H46N6O5. The third kappa shape index (κ3) is 6.41. The predicted octanol–water partition coefficient (Wildman–Crippen LogP) is 2.84. The summed E-state index contributed by atoms with van der Waals surface area (Å²) in [5.74, 6) is -0.542. The van der Waals surface area contributed by atoms with Gasteiger partial charge in [0, 0.05) is 49.8 Å². The Morgan fingerprint density at radius 2 is 1.84 bits per heavy atom. The van der Waals surface area contributed by atoms with E-state index < -0.39 is 6.04 Å². The van der Waals surface area contributed by atoms with Gasteiger partial charge in [-0.05, 0) is 61.8 Å². The highest BCUT2D eigenvalue weighted by atomic mass is 16.7. The molecule has 238 valence electrons. The molecule has 1 aromatic carbocycles. The molecule has 0 saturated carbocycles. The molecule has 6 rings (SSSR count). The normalized spacial score (nSPS) is 26.7. The highest BCUT2D eigenvalue weighted by Gasteiger charge is 2.50. The molecule has 1 aromatic heterocycles. The second-order valence-corrected chi connectivity index (χ2v) is 13.7. The summed E-state index contributed by atoms with van der Waals surface area (Å²) in [4.78, 5) is 52.3. The van der Waals surface area contributed by atoms with Crippen molar-refractivity contribution in [2.45, 2.75) is 76.7 Å². The molecule has 11 nitrogen and oxygen atoms in total. The summed E-state index contributed by atoms with van der Waals surface area (Å²) in [5, 5.41) is 6.58. The van der Waals surface area contributed by atoms with Crippen LogP contribution in [0.3, 0.4) is 0 Å². The van der Waals surface area contributed by atoms with E-state index in [0.717, 1.165) is 37.9 Å². The average molecular weight is 607 g/mol. The zero-order valence-corrected chi connectivity index (χ0v) is 26.1. The maximum Gasteiger partial charge on any atom is 0.277 e. The summed E-state index contributed by atoms with van der Waals surface area (Å²) in [5.41, 5.74) is 2.02. The van der Waals surface area contributed by atoms with Crippen molar-refractivity contribution in [3.8, 4) is 0 Å². The first-order valence-electron chi connectivity index (χ1n) is 16.2. The summed E-state index contributed by atoms with van der Waals surface area (Å²) < 4.78 is 12.0. The number of fused-ring (bicyclic) bond motifs is 1. The Morgan fingerprint density at radius 3 is 2.50 bits per heavy atom. The minimum atomic E-state index is -0.827. The number of carbonyl (C=O) groups is 3. The summed E-state index contributed by atoms with van der Waals surface area (Å²) in [7, 11) is 0. The van der Waals surface area contributed by atoms with Gasteiger partial charge in [-0.2, -0.15) is 0 Å². The van der Waals surface area contributed by atoms with E-state index in [2.05, 4.69) is 41.4 Å². The van der Waals surface area contributed by atoms with Crippen LogP contribution in [0, 0.1) is 17.8 Å². The number of imidazole rings is 1. The van der Waals surface area contributed by atoms with E-state index in [-0.39, 0.29) is 53.2 Å². The number of piperidine rings is 1. The Balaban J connectivity index is 1.28. The molecule has 4 fully saturated rings. The number of carbonyl (C=O) groups excluding carboxylic acids is 3. The molecular weight excluding hydrogens is 560 g/mol. The molecule has 2 aromatic rings. The van der Waals surface area contributed by atoms with Crippen LogP contribution in [0.1, 0.15) is 68.9 Å². The number of aromatic amines is 1. The fourth-order valence-electron chi connectivity index (χ4n) is 7.21. The summed E-state index contributed by atoms with van der Waals surface area (Å²) >= 11 is 0. The number of benzene rings is 1. The third-order valence-electron chi connectivity index (χ3n) is 9.79. The van der Waals surface area contributed by atoms with Crippen LogP contribution in [0.2, 0.25) is 0 Å². The van der Waals surface area contributed by atoms with Crippen LogP contribution in [0.25, 0.3) is 0 Å². The summed E-state index contributed by atoms with van der Waals surface area (Å²) in [6.45, 7) is 10.2. The van der Waals surface area contributed by atoms with Crippen molar-refractivity contribution in [2.75, 3.05) is 44.3 Å². The number of nitrogens with one attached hydrogen (secondary N) is 3. The topological polar surface area (TPSA) is 129 Å². The standard InChI is InChI=1S/C33H46N6O5/c1-33(2,3)22-6-8-24(9-7-22)39(31(42)27-18-35-20-36-27)28(26-19-44-32-25(26)5-4-16-43-32)29(40)37-23-11-14-38(15-12-23)30(41)21-10-13-34-17-21/h6-9,18,20-21,23,25-26,28,32,34H,4-5,10-17,19H2,1-3H3,(H,35,36)(H,37,40). The zero-order valence-electron chi connectivity index (χ0n) is 26.1. The van der Waals surface area contributed by atoms with Gasteiger partial charge in [-0.1, -0.05) is 32.9 Å². The van der Waals surface area contributed by atoms with Gasteiger partial charge in [0.15, 0.2) is 6.29 Å². The molecule has 4 saturated heterocycles. The molecule has 0 radical (unpaired) electrons. The van der Waals surface area contributed by atoms with Crippen LogP contribution in [-0.2, 0) is 24.5 Å². The largest absolute Gasteiger partial charge is 0.352 e. The van der Waals surface area contributed by atoms with E-state index >= 15 is 0 Å². The molecule has 5 atom stereocenters. The van der Waals surface area contributed by atoms with Crippen LogP contribution in [0.5, 0.6) is 0 Å². The SMILES string of the molecule is CC(C)(C)c1ccc(N(C(=O)c2cnc[nH]2)C(C(=O)NC2CCN(C(=O)C3CCNC3)CC2)C2COC3OCCCC32)cc1. The van der Waals surface area contributed by atoms with Crippen molar-refractivity contribution in [1.82, 2.24) is 25.5 Å². The Morgan fingerprint density at radius 1 is 1.07 bits per heavy atom. The zero-order chi connectivity index (χ0) is 30.8. The number of rotatable bonds is 7. The molecule has 4 aliphatic rings. The van der Waals surface area contributed by atoms with Crippen molar-refractivity contribution in [3.63, 3.8) is 0 Å². The highest BCUT2D eigenvalue weighted by Crippen LogP contribution is 2.40. The smallest absolute Gasteiger partial charge is 0.277 e. The Kier molecular flexibility index (Phi) is 9.07. The van der Waals surface area contributed by atoms with Crippen LogP contribution in [-0.4, -0.2) is 90.4 Å². The van der Waals surface area contributed by atoms with Crippen LogP contribution in [0.15, 0.2) is 36.8 Å². The first kappa shape index (κ1) is 30.7. The van der Waals surface area contributed by atoms with E-state index in [0.29, 0.717) is 50.5 Å². The van der Waals surface area contributed by atoms with E-state index in [1.165, 1.54) is 12.5 Å². The first-order valence-corrected chi connectivity index (χ1v) is 16.2. The quantitative estimate of drug-likeness (QED) is 0.442. The van der Waals surface area contributed by atoms with Gasteiger partial charge in [0.25, 0.3) is 5.91 Å². The second-order valence-electron chi connectivity index (χ2n) is 13.7. The highest BCUT2D eigenvalue weighted by molar-refractivity contribution is 6.09. The lowest BCUT2D eigenvalue weighted by Gasteiger charge is -2.39. The molecule has 11 heteroatoms. The predicted molar refractivity (Wildman–Crippen MR) is 165 cm³/mol. The Hall–Kier alpha value is -3.28. The van der Waals surface area contributed by atoms with Gasteiger partial charge in [0.2, 0.25) is 11.8 Å². The van der Waals surface area contributed by atoms with Gasteiger partial charge in [0.1, 0.15) is 11.7 Å². The maximum atomic E-state index is 14.5. The number of hydrogen-bond acceptors (Lipinski definition) is 7. The molecule has 0 bridgehead atoms. The summed E-state index contributed by atoms with van der Waals surface area (Å²) in [6, 6.07) is 7.00. The lowest BCUT2D eigenvalue weighted by atomic mass is 9.82. The second kappa shape index (κ2) is 13.0. The maximum absolute atomic E-state index is 14.5. The van der Waals surface area contributed by atoms with Crippen molar-refractivity contribution in [3.05, 3.63) is 48.0 Å². The number of amides is 3. The van der Waals surface area contributed by atoms with Crippen molar-refractivity contribution in [1.29, 1.82) is 0 Å². The summed E-state index contributed by atoms with van der Waals surface area (Å²) in [6.07, 6.45) is 6.57. The number of likely N-dealkylation sites (tertiary alicyclic amines) is 1.